The van der Waals surface area contributed by atoms with Crippen molar-refractivity contribution in [2.75, 3.05) is 13.1 Å². The van der Waals surface area contributed by atoms with Crippen molar-refractivity contribution < 1.29 is 32.5 Å². The van der Waals surface area contributed by atoms with Gasteiger partial charge in [-0.2, -0.15) is 0 Å². The van der Waals surface area contributed by atoms with E-state index in [4.69, 9.17) is 9.84 Å². The van der Waals surface area contributed by atoms with Gasteiger partial charge in [-0.1, -0.05) is 18.2 Å². The first kappa shape index (κ1) is 21.5. The normalized spacial score (nSPS) is 17.3. The van der Waals surface area contributed by atoms with Gasteiger partial charge in [-0.25, -0.2) is 0 Å². The molecule has 2 aromatic carbocycles. The maximum atomic E-state index is 12.4. The number of nitrogens with zero attached hydrogens (tertiary/aromatic N) is 1. The Kier molecular flexibility index (Phi) is 5.83. The zero-order valence-corrected chi connectivity index (χ0v) is 17.0. The van der Waals surface area contributed by atoms with Gasteiger partial charge in [-0.05, 0) is 66.8 Å². The first-order chi connectivity index (χ1) is 14.7. The quantitative estimate of drug-likeness (QED) is 0.641. The number of hydrogen-bond donors (Lipinski definition) is 1. The van der Waals surface area contributed by atoms with Gasteiger partial charge in [0.15, 0.2) is 0 Å². The molecule has 0 bridgehead atoms. The second kappa shape index (κ2) is 8.42. The van der Waals surface area contributed by atoms with E-state index in [9.17, 15) is 18.0 Å². The lowest BCUT2D eigenvalue weighted by Crippen LogP contribution is -2.38. The zero-order chi connectivity index (χ0) is 22.1. The highest BCUT2D eigenvalue weighted by Crippen LogP contribution is 2.53. The van der Waals surface area contributed by atoms with Crippen molar-refractivity contribution in [3.05, 3.63) is 59.2 Å². The van der Waals surface area contributed by atoms with Crippen LogP contribution in [-0.2, 0) is 23.4 Å². The fraction of sp³-hybridized carbons (Fsp3) is 0.435. The maximum Gasteiger partial charge on any atom is 0.573 e. The van der Waals surface area contributed by atoms with Crippen LogP contribution in [0.15, 0.2) is 42.5 Å². The van der Waals surface area contributed by atoms with Crippen molar-refractivity contribution in [3.8, 4) is 11.5 Å². The third-order valence-electron chi connectivity index (χ3n) is 5.83. The van der Waals surface area contributed by atoms with Crippen LogP contribution in [0.1, 0.15) is 42.4 Å². The number of rotatable bonds is 8. The number of aliphatic carboxylic acids is 1. The highest BCUT2D eigenvalue weighted by atomic mass is 19.4. The van der Waals surface area contributed by atoms with Crippen molar-refractivity contribution in [3.63, 3.8) is 0 Å². The summed E-state index contributed by atoms with van der Waals surface area (Å²) in [7, 11) is 0. The number of carbonyl (C=O) groups is 1. The van der Waals surface area contributed by atoms with Gasteiger partial charge in [0.2, 0.25) is 0 Å². The first-order valence-electron chi connectivity index (χ1n) is 10.3. The van der Waals surface area contributed by atoms with Crippen LogP contribution in [0.25, 0.3) is 0 Å². The minimum absolute atomic E-state index is 0.108. The van der Waals surface area contributed by atoms with Gasteiger partial charge in [0.05, 0.1) is 0 Å². The van der Waals surface area contributed by atoms with Crippen LogP contribution < -0.4 is 9.47 Å². The number of carboxylic acids is 1. The third kappa shape index (κ3) is 5.50. The van der Waals surface area contributed by atoms with E-state index in [0.717, 1.165) is 32.5 Å². The number of carboxylic acid groups (broad SMARTS) is 1. The molecule has 166 valence electrons. The molecule has 4 rings (SSSR count). The van der Waals surface area contributed by atoms with Crippen LogP contribution >= 0.6 is 0 Å². The molecular formula is C23H24F3NO4. The van der Waals surface area contributed by atoms with E-state index in [1.165, 1.54) is 29.3 Å². The molecule has 0 unspecified atom stereocenters. The molecule has 31 heavy (non-hydrogen) atoms. The summed E-state index contributed by atoms with van der Waals surface area (Å²) in [6, 6.07) is 11.7. The maximum absolute atomic E-state index is 12.4. The molecule has 2 aromatic rings. The van der Waals surface area contributed by atoms with E-state index < -0.39 is 12.3 Å². The van der Waals surface area contributed by atoms with Crippen LogP contribution in [0, 0.1) is 0 Å². The molecule has 1 fully saturated rings. The van der Waals surface area contributed by atoms with Crippen molar-refractivity contribution in [2.45, 2.75) is 50.6 Å². The summed E-state index contributed by atoms with van der Waals surface area (Å²) < 4.78 is 47.1. The van der Waals surface area contributed by atoms with Crippen LogP contribution in [0.2, 0.25) is 0 Å². The second-order valence-corrected chi connectivity index (χ2v) is 8.29. The summed E-state index contributed by atoms with van der Waals surface area (Å²) in [6.45, 7) is 2.61. The number of alkyl halides is 3. The molecule has 1 N–H and O–H groups in total. The van der Waals surface area contributed by atoms with Gasteiger partial charge in [0.25, 0.3) is 0 Å². The number of halogens is 3. The van der Waals surface area contributed by atoms with Crippen molar-refractivity contribution in [2.24, 2.45) is 0 Å². The predicted molar refractivity (Wildman–Crippen MR) is 107 cm³/mol. The van der Waals surface area contributed by atoms with Crippen molar-refractivity contribution >= 4 is 5.97 Å². The van der Waals surface area contributed by atoms with E-state index >= 15 is 0 Å². The average Bonchev–Trinajstić information content (AvgIpc) is 3.45. The lowest BCUT2D eigenvalue weighted by molar-refractivity contribution is -0.274. The summed E-state index contributed by atoms with van der Waals surface area (Å²) in [5, 5.41) is 8.85. The van der Waals surface area contributed by atoms with Crippen molar-refractivity contribution in [1.82, 2.24) is 4.90 Å². The van der Waals surface area contributed by atoms with Crippen LogP contribution in [0.3, 0.4) is 0 Å². The summed E-state index contributed by atoms with van der Waals surface area (Å²) >= 11 is 0. The van der Waals surface area contributed by atoms with Crippen molar-refractivity contribution in [1.29, 1.82) is 0 Å². The number of fused-ring (bicyclic) bond motifs is 2. The Morgan fingerprint density at radius 1 is 1.13 bits per heavy atom. The van der Waals surface area contributed by atoms with E-state index in [1.54, 1.807) is 6.07 Å². The average molecular weight is 435 g/mol. The molecule has 5 nitrogen and oxygen atoms in total. The summed E-state index contributed by atoms with van der Waals surface area (Å²) in [4.78, 5) is 13.1. The number of hydrogen-bond acceptors (Lipinski definition) is 4. The lowest BCUT2D eigenvalue weighted by atomic mass is 9.86. The Bertz CT molecular complexity index is 956. The van der Waals surface area contributed by atoms with Gasteiger partial charge in [0, 0.05) is 24.9 Å². The van der Waals surface area contributed by atoms with Crippen LogP contribution in [-0.4, -0.2) is 35.4 Å². The lowest BCUT2D eigenvalue weighted by Gasteiger charge is -2.35. The highest BCUT2D eigenvalue weighted by Gasteiger charge is 2.49. The fourth-order valence-electron chi connectivity index (χ4n) is 4.28. The molecule has 0 amide bonds. The predicted octanol–water partition coefficient (Wildman–Crippen LogP) is 4.88. The van der Waals surface area contributed by atoms with Gasteiger partial charge in [0.1, 0.15) is 18.1 Å². The summed E-state index contributed by atoms with van der Waals surface area (Å²) in [5.41, 5.74) is 3.20. The minimum atomic E-state index is -4.72. The fourth-order valence-corrected chi connectivity index (χ4v) is 4.28. The molecule has 8 heteroatoms. The first-order valence-corrected chi connectivity index (χ1v) is 10.3. The van der Waals surface area contributed by atoms with E-state index in [2.05, 4.69) is 9.64 Å². The van der Waals surface area contributed by atoms with E-state index in [1.807, 2.05) is 18.2 Å². The SMILES string of the molecule is O=C(O)CCCN1Cc2ccc(OCc3cccc(OC(F)(F)F)c3)cc2C2(CC2)C1. The summed E-state index contributed by atoms with van der Waals surface area (Å²) in [6.07, 6.45) is -1.72. The molecular weight excluding hydrogens is 411 g/mol. The Labute approximate surface area is 178 Å². The molecule has 1 heterocycles. The van der Waals surface area contributed by atoms with Gasteiger partial charge >= 0.3 is 12.3 Å². The molecule has 0 aromatic heterocycles. The monoisotopic (exact) mass is 435 g/mol. The van der Waals surface area contributed by atoms with Gasteiger partial charge < -0.3 is 14.6 Å². The molecule has 0 saturated heterocycles. The second-order valence-electron chi connectivity index (χ2n) is 8.29. The molecule has 0 atom stereocenters. The van der Waals surface area contributed by atoms with Gasteiger partial charge in [-0.3, -0.25) is 9.69 Å². The smallest absolute Gasteiger partial charge is 0.489 e. The number of benzene rings is 2. The standard InChI is InChI=1S/C23H24F3NO4/c24-23(25,26)31-19-4-1-3-16(11-19)14-30-18-7-6-17-13-27(10-2-5-21(28)29)15-22(8-9-22)20(17)12-18/h1,3-4,6-7,11-12H,2,5,8-10,13-15H2,(H,28,29). The zero-order valence-electron chi connectivity index (χ0n) is 17.0. The Morgan fingerprint density at radius 2 is 1.94 bits per heavy atom. The Balaban J connectivity index is 1.40. The van der Waals surface area contributed by atoms with Crippen LogP contribution in [0.5, 0.6) is 11.5 Å². The minimum Gasteiger partial charge on any atom is -0.489 e. The molecule has 1 aliphatic heterocycles. The van der Waals surface area contributed by atoms with E-state index in [0.29, 0.717) is 17.7 Å². The Hall–Kier alpha value is -2.74. The Morgan fingerprint density at radius 3 is 2.65 bits per heavy atom. The largest absolute Gasteiger partial charge is 0.573 e. The summed E-state index contributed by atoms with van der Waals surface area (Å²) in [5.74, 6) is -0.346. The molecule has 1 aliphatic carbocycles. The molecule has 2 aliphatic rings. The third-order valence-corrected chi connectivity index (χ3v) is 5.83. The molecule has 1 saturated carbocycles. The topological polar surface area (TPSA) is 59.0 Å². The highest BCUT2D eigenvalue weighted by molar-refractivity contribution is 5.66. The number of ether oxygens (including phenoxy) is 2. The molecule has 0 radical (unpaired) electrons. The molecule has 1 spiro atoms. The van der Waals surface area contributed by atoms with Gasteiger partial charge in [-0.15, -0.1) is 13.2 Å². The van der Waals surface area contributed by atoms with Crippen LogP contribution in [0.4, 0.5) is 13.2 Å². The van der Waals surface area contributed by atoms with E-state index in [-0.39, 0.29) is 24.2 Å².